The number of hydrogen-bond donors (Lipinski definition) is 4. The zero-order valence-corrected chi connectivity index (χ0v) is 18.8. The molecule has 1 aromatic rings. The Balaban J connectivity index is 2.09. The zero-order valence-electron chi connectivity index (χ0n) is 18.0. The summed E-state index contributed by atoms with van der Waals surface area (Å²) >= 11 is 1.39. The molecule has 1 amide bonds. The van der Waals surface area contributed by atoms with E-state index in [1.807, 2.05) is 13.8 Å². The van der Waals surface area contributed by atoms with Gasteiger partial charge in [-0.25, -0.2) is 4.98 Å². The average molecular weight is 441 g/mol. The van der Waals surface area contributed by atoms with Crippen LogP contribution in [0.5, 0.6) is 0 Å². The smallest absolute Gasteiger partial charge is 0.304 e. The first-order valence-electron chi connectivity index (χ1n) is 11.0. The predicted molar refractivity (Wildman–Crippen MR) is 116 cm³/mol. The van der Waals surface area contributed by atoms with Gasteiger partial charge in [0.2, 0.25) is 5.91 Å². The molecule has 1 aliphatic rings. The summed E-state index contributed by atoms with van der Waals surface area (Å²) in [6, 6.07) is -0.812. The van der Waals surface area contributed by atoms with Gasteiger partial charge in [0.1, 0.15) is 0 Å². The molecule has 3 unspecified atom stereocenters. The third-order valence-electron chi connectivity index (χ3n) is 5.88. The van der Waals surface area contributed by atoms with Crippen LogP contribution in [-0.4, -0.2) is 50.4 Å². The molecule has 4 atom stereocenters. The summed E-state index contributed by atoms with van der Waals surface area (Å²) in [6.07, 6.45) is 4.76. The van der Waals surface area contributed by atoms with Gasteiger partial charge in [0.25, 0.3) is 0 Å². The summed E-state index contributed by atoms with van der Waals surface area (Å²) in [5, 5.41) is 35.5. The maximum absolute atomic E-state index is 13.0. The van der Waals surface area contributed by atoms with E-state index in [1.165, 1.54) is 17.8 Å². The molecule has 0 spiro atoms. The number of hydrogen-bond acceptors (Lipinski definition) is 6. The minimum absolute atomic E-state index is 0.200. The predicted octanol–water partition coefficient (Wildman–Crippen LogP) is 3.00. The van der Waals surface area contributed by atoms with Gasteiger partial charge >= 0.3 is 5.97 Å². The van der Waals surface area contributed by atoms with E-state index in [-0.39, 0.29) is 18.8 Å². The monoisotopic (exact) mass is 440 g/mol. The molecule has 8 heteroatoms. The first-order valence-corrected chi connectivity index (χ1v) is 12.0. The standard InChI is InChI=1S/C22H36N2O5S/c1-14(2)8-18(25)21(19(26)9-15-6-4-3-5-7-15)24-22(29)16(11-20(27)28)10-17-12-30-13-23-17/h12-16,18-19,21,25-26H,3-11H2,1-2H3,(H,24,29)(H,27,28)/t16-,18?,19?,21?/m1/s1. The number of nitrogens with zero attached hydrogens (tertiary/aromatic N) is 1. The summed E-state index contributed by atoms with van der Waals surface area (Å²) in [6.45, 7) is 3.95. The lowest BCUT2D eigenvalue weighted by Gasteiger charge is -2.33. The van der Waals surface area contributed by atoms with Crippen molar-refractivity contribution < 1.29 is 24.9 Å². The SMILES string of the molecule is CC(C)CC(O)C(NC(=O)[C@@H](CC(=O)O)Cc1cscn1)C(O)CC1CCCCC1. The van der Waals surface area contributed by atoms with Crippen molar-refractivity contribution in [3.63, 3.8) is 0 Å². The maximum Gasteiger partial charge on any atom is 0.304 e. The Morgan fingerprint density at radius 3 is 2.47 bits per heavy atom. The minimum atomic E-state index is -1.06. The molecule has 1 aliphatic carbocycles. The lowest BCUT2D eigenvalue weighted by molar-refractivity contribution is -0.141. The van der Waals surface area contributed by atoms with Crippen LogP contribution in [0.1, 0.15) is 70.9 Å². The molecule has 2 rings (SSSR count). The van der Waals surface area contributed by atoms with Crippen LogP contribution in [0.2, 0.25) is 0 Å². The Hall–Kier alpha value is -1.51. The molecule has 1 saturated carbocycles. The van der Waals surface area contributed by atoms with Crippen LogP contribution in [-0.2, 0) is 16.0 Å². The molecule has 7 nitrogen and oxygen atoms in total. The van der Waals surface area contributed by atoms with Gasteiger partial charge in [-0.3, -0.25) is 9.59 Å². The van der Waals surface area contributed by atoms with Gasteiger partial charge in [-0.2, -0.15) is 0 Å². The van der Waals surface area contributed by atoms with Gasteiger partial charge in [-0.15, -0.1) is 11.3 Å². The Bertz CT molecular complexity index is 646. The second-order valence-electron chi connectivity index (χ2n) is 9.02. The number of thiazole rings is 1. The summed E-state index contributed by atoms with van der Waals surface area (Å²) in [5.74, 6) is -1.73. The van der Waals surface area contributed by atoms with Crippen LogP contribution in [0.15, 0.2) is 10.9 Å². The fourth-order valence-electron chi connectivity index (χ4n) is 4.33. The van der Waals surface area contributed by atoms with Gasteiger partial charge in [0.05, 0.1) is 41.8 Å². The Kier molecular flexibility index (Phi) is 10.2. The third-order valence-corrected chi connectivity index (χ3v) is 6.52. The topological polar surface area (TPSA) is 120 Å². The molecular weight excluding hydrogens is 404 g/mol. The highest BCUT2D eigenvalue weighted by Crippen LogP contribution is 2.29. The quantitative estimate of drug-likeness (QED) is 0.397. The maximum atomic E-state index is 13.0. The molecule has 30 heavy (non-hydrogen) atoms. The first kappa shape index (κ1) is 24.8. The zero-order chi connectivity index (χ0) is 22.1. The highest BCUT2D eigenvalue weighted by molar-refractivity contribution is 7.07. The van der Waals surface area contributed by atoms with E-state index in [2.05, 4.69) is 10.3 Å². The lowest BCUT2D eigenvalue weighted by Crippen LogP contribution is -2.53. The van der Waals surface area contributed by atoms with E-state index in [0.29, 0.717) is 24.5 Å². The van der Waals surface area contributed by atoms with Crippen molar-refractivity contribution in [3.05, 3.63) is 16.6 Å². The number of aliphatic hydroxyl groups is 2. The van der Waals surface area contributed by atoms with Crippen molar-refractivity contribution in [1.29, 1.82) is 0 Å². The fraction of sp³-hybridized carbons (Fsp3) is 0.773. The number of carboxylic acids is 1. The number of nitrogens with one attached hydrogen (secondary N) is 1. The molecule has 0 aliphatic heterocycles. The van der Waals surface area contributed by atoms with E-state index in [9.17, 15) is 24.9 Å². The Morgan fingerprint density at radius 1 is 1.20 bits per heavy atom. The molecule has 4 N–H and O–H groups in total. The summed E-state index contributed by atoms with van der Waals surface area (Å²) < 4.78 is 0. The summed E-state index contributed by atoms with van der Waals surface area (Å²) in [5.41, 5.74) is 2.32. The normalized spacial score (nSPS) is 19.2. The van der Waals surface area contributed by atoms with Gasteiger partial charge in [0, 0.05) is 11.8 Å². The highest BCUT2D eigenvalue weighted by Gasteiger charge is 2.33. The first-order chi connectivity index (χ1) is 14.3. The molecule has 1 aromatic heterocycles. The molecule has 0 saturated heterocycles. The second kappa shape index (κ2) is 12.4. The largest absolute Gasteiger partial charge is 0.481 e. The number of amides is 1. The number of carboxylic acid groups (broad SMARTS) is 1. The van der Waals surface area contributed by atoms with Gasteiger partial charge in [-0.05, 0) is 24.7 Å². The van der Waals surface area contributed by atoms with E-state index >= 15 is 0 Å². The average Bonchev–Trinajstić information content (AvgIpc) is 3.18. The Morgan fingerprint density at radius 2 is 1.90 bits per heavy atom. The number of aromatic nitrogens is 1. The van der Waals surface area contributed by atoms with Crippen LogP contribution >= 0.6 is 11.3 Å². The van der Waals surface area contributed by atoms with Crippen LogP contribution in [0.3, 0.4) is 0 Å². The van der Waals surface area contributed by atoms with Gasteiger partial charge in [-0.1, -0.05) is 46.0 Å². The Labute approximate surface area is 182 Å². The summed E-state index contributed by atoms with van der Waals surface area (Å²) in [4.78, 5) is 28.4. The number of rotatable bonds is 12. The number of aliphatic hydroxyl groups excluding tert-OH is 2. The van der Waals surface area contributed by atoms with Crippen molar-refractivity contribution in [1.82, 2.24) is 10.3 Å². The second-order valence-corrected chi connectivity index (χ2v) is 9.74. The van der Waals surface area contributed by atoms with Gasteiger partial charge < -0.3 is 20.6 Å². The van der Waals surface area contributed by atoms with Crippen molar-refractivity contribution >= 4 is 23.2 Å². The van der Waals surface area contributed by atoms with Gasteiger partial charge in [0.15, 0.2) is 0 Å². The highest BCUT2D eigenvalue weighted by atomic mass is 32.1. The van der Waals surface area contributed by atoms with E-state index in [4.69, 9.17) is 0 Å². The molecule has 1 heterocycles. The molecular formula is C22H36N2O5S. The van der Waals surface area contributed by atoms with E-state index < -0.39 is 36.0 Å². The van der Waals surface area contributed by atoms with Crippen molar-refractivity contribution in [2.45, 2.75) is 89.9 Å². The summed E-state index contributed by atoms with van der Waals surface area (Å²) in [7, 11) is 0. The van der Waals surface area contributed by atoms with Crippen LogP contribution in [0.25, 0.3) is 0 Å². The molecule has 0 radical (unpaired) electrons. The van der Waals surface area contributed by atoms with E-state index in [0.717, 1.165) is 25.7 Å². The van der Waals surface area contributed by atoms with Crippen LogP contribution < -0.4 is 5.32 Å². The lowest BCUT2D eigenvalue weighted by atomic mass is 9.82. The van der Waals surface area contributed by atoms with Crippen LogP contribution in [0, 0.1) is 17.8 Å². The van der Waals surface area contributed by atoms with Crippen molar-refractivity contribution in [3.8, 4) is 0 Å². The molecule has 0 bridgehead atoms. The van der Waals surface area contributed by atoms with E-state index in [1.54, 1.807) is 10.9 Å². The van der Waals surface area contributed by atoms with Crippen molar-refractivity contribution in [2.24, 2.45) is 17.8 Å². The van der Waals surface area contributed by atoms with Crippen molar-refractivity contribution in [2.75, 3.05) is 0 Å². The fourth-order valence-corrected chi connectivity index (χ4v) is 4.90. The molecule has 170 valence electrons. The minimum Gasteiger partial charge on any atom is -0.481 e. The number of carbonyl (C=O) groups is 2. The third kappa shape index (κ3) is 8.32. The number of aliphatic carboxylic acids is 1. The molecule has 1 fully saturated rings. The number of carbonyl (C=O) groups excluding carboxylic acids is 1. The van der Waals surface area contributed by atoms with Crippen LogP contribution in [0.4, 0.5) is 0 Å². The molecule has 0 aromatic carbocycles.